The fraction of sp³-hybridized carbons (Fsp3) is 1.00. The quantitative estimate of drug-likeness (QED) is 0.501. The highest BCUT2D eigenvalue weighted by atomic mass is 15.0. The van der Waals surface area contributed by atoms with Crippen LogP contribution in [0.2, 0.25) is 0 Å². The minimum absolute atomic E-state index is 0.864. The molecular weight excluding hydrogens is 100 g/mol. The van der Waals surface area contributed by atoms with Gasteiger partial charge in [-0.15, -0.1) is 0 Å². The van der Waals surface area contributed by atoms with Gasteiger partial charge in [0.25, 0.3) is 0 Å². The van der Waals surface area contributed by atoms with Gasteiger partial charge in [-0.25, -0.2) is 0 Å². The van der Waals surface area contributed by atoms with Crippen LogP contribution < -0.4 is 10.6 Å². The number of likely N-dealkylation sites (N-methyl/N-ethyl adjacent to an activating group) is 1. The summed E-state index contributed by atoms with van der Waals surface area (Å²) in [6, 6.07) is 0.864. The van der Waals surface area contributed by atoms with Crippen molar-refractivity contribution in [1.82, 2.24) is 10.6 Å². The summed E-state index contributed by atoms with van der Waals surface area (Å²) in [4.78, 5) is 0. The standard InChI is InChI=1S/C6H14N2/c1-7-4-5-8-6-2-3-6/h6-8H,2-5H2,1H3. The van der Waals surface area contributed by atoms with Gasteiger partial charge in [-0.2, -0.15) is 0 Å². The van der Waals surface area contributed by atoms with E-state index in [4.69, 9.17) is 0 Å². The molecule has 1 saturated carbocycles. The first-order valence-corrected chi connectivity index (χ1v) is 3.31. The lowest BCUT2D eigenvalue weighted by Gasteiger charge is -1.98. The smallest absolute Gasteiger partial charge is 0.00792 e. The van der Waals surface area contributed by atoms with Crippen LogP contribution in [-0.4, -0.2) is 26.2 Å². The molecule has 0 radical (unpaired) electrons. The average Bonchev–Trinajstić information content (AvgIpc) is 2.51. The van der Waals surface area contributed by atoms with Crippen LogP contribution in [0, 0.1) is 0 Å². The molecule has 0 bridgehead atoms. The van der Waals surface area contributed by atoms with Crippen LogP contribution in [0.15, 0.2) is 0 Å². The first-order chi connectivity index (χ1) is 3.93. The molecule has 0 aromatic carbocycles. The van der Waals surface area contributed by atoms with Crippen molar-refractivity contribution in [2.24, 2.45) is 0 Å². The maximum atomic E-state index is 3.40. The largest absolute Gasteiger partial charge is 0.318 e. The molecule has 1 fully saturated rings. The van der Waals surface area contributed by atoms with Gasteiger partial charge in [0, 0.05) is 19.1 Å². The minimum atomic E-state index is 0.864. The van der Waals surface area contributed by atoms with Crippen molar-refractivity contribution in [2.75, 3.05) is 20.1 Å². The molecule has 0 heterocycles. The van der Waals surface area contributed by atoms with Crippen LogP contribution in [0.25, 0.3) is 0 Å². The fourth-order valence-electron chi connectivity index (χ4n) is 0.689. The molecule has 0 aromatic heterocycles. The molecule has 0 spiro atoms. The Morgan fingerprint density at radius 1 is 1.38 bits per heavy atom. The van der Waals surface area contributed by atoms with Crippen molar-refractivity contribution in [1.29, 1.82) is 0 Å². The summed E-state index contributed by atoms with van der Waals surface area (Å²) in [6.07, 6.45) is 2.79. The van der Waals surface area contributed by atoms with Crippen molar-refractivity contribution in [2.45, 2.75) is 18.9 Å². The van der Waals surface area contributed by atoms with Gasteiger partial charge in [0.05, 0.1) is 0 Å². The predicted molar refractivity (Wildman–Crippen MR) is 35.0 cm³/mol. The van der Waals surface area contributed by atoms with Crippen molar-refractivity contribution in [3.63, 3.8) is 0 Å². The van der Waals surface area contributed by atoms with E-state index in [0.29, 0.717) is 0 Å². The summed E-state index contributed by atoms with van der Waals surface area (Å²) in [7, 11) is 1.98. The summed E-state index contributed by atoms with van der Waals surface area (Å²) < 4.78 is 0. The highest BCUT2D eigenvalue weighted by Gasteiger charge is 2.19. The first kappa shape index (κ1) is 6.05. The molecular formula is C6H14N2. The molecule has 0 aromatic rings. The first-order valence-electron chi connectivity index (χ1n) is 3.31. The van der Waals surface area contributed by atoms with E-state index in [1.165, 1.54) is 12.8 Å². The molecule has 8 heavy (non-hydrogen) atoms. The molecule has 0 aliphatic heterocycles. The van der Waals surface area contributed by atoms with Crippen LogP contribution in [0.4, 0.5) is 0 Å². The zero-order valence-electron chi connectivity index (χ0n) is 5.41. The molecule has 1 aliphatic carbocycles. The number of hydrogen-bond donors (Lipinski definition) is 2. The Labute approximate surface area is 50.7 Å². The normalized spacial score (nSPS) is 19.1. The number of rotatable bonds is 4. The lowest BCUT2D eigenvalue weighted by molar-refractivity contribution is 0.647. The maximum Gasteiger partial charge on any atom is 0.00792 e. The van der Waals surface area contributed by atoms with Crippen molar-refractivity contribution in [3.05, 3.63) is 0 Å². The summed E-state index contributed by atoms with van der Waals surface area (Å²) in [5, 5.41) is 6.48. The molecule has 0 unspecified atom stereocenters. The molecule has 2 N–H and O–H groups in total. The molecule has 1 aliphatic rings. The van der Waals surface area contributed by atoms with E-state index in [1.807, 2.05) is 7.05 Å². The van der Waals surface area contributed by atoms with Gasteiger partial charge in [-0.1, -0.05) is 0 Å². The van der Waals surface area contributed by atoms with Crippen molar-refractivity contribution in [3.8, 4) is 0 Å². The van der Waals surface area contributed by atoms with Gasteiger partial charge in [-0.3, -0.25) is 0 Å². The van der Waals surface area contributed by atoms with Crippen LogP contribution >= 0.6 is 0 Å². The van der Waals surface area contributed by atoms with E-state index in [1.54, 1.807) is 0 Å². The van der Waals surface area contributed by atoms with E-state index in [9.17, 15) is 0 Å². The molecule has 0 atom stereocenters. The van der Waals surface area contributed by atoms with E-state index in [2.05, 4.69) is 10.6 Å². The molecule has 1 rings (SSSR count). The summed E-state index contributed by atoms with van der Waals surface area (Å²) in [5.41, 5.74) is 0. The van der Waals surface area contributed by atoms with E-state index in [-0.39, 0.29) is 0 Å². The lowest BCUT2D eigenvalue weighted by Crippen LogP contribution is -2.26. The third-order valence-electron chi connectivity index (χ3n) is 1.39. The van der Waals surface area contributed by atoms with Crippen molar-refractivity contribution < 1.29 is 0 Å². The Morgan fingerprint density at radius 2 is 2.12 bits per heavy atom. The second-order valence-corrected chi connectivity index (χ2v) is 2.33. The predicted octanol–water partition coefficient (Wildman–Crippen LogP) is -0.0422. The second-order valence-electron chi connectivity index (χ2n) is 2.33. The lowest BCUT2D eigenvalue weighted by atomic mass is 10.6. The van der Waals surface area contributed by atoms with Gasteiger partial charge in [0.2, 0.25) is 0 Å². The molecule has 48 valence electrons. The van der Waals surface area contributed by atoms with Crippen LogP contribution in [0.5, 0.6) is 0 Å². The Hall–Kier alpha value is -0.0800. The SMILES string of the molecule is CNCCNC1CC1. The summed E-state index contributed by atoms with van der Waals surface area (Å²) >= 11 is 0. The summed E-state index contributed by atoms with van der Waals surface area (Å²) in [6.45, 7) is 2.22. The van der Waals surface area contributed by atoms with E-state index < -0.39 is 0 Å². The third-order valence-corrected chi connectivity index (χ3v) is 1.39. The molecule has 2 nitrogen and oxygen atoms in total. The third kappa shape index (κ3) is 2.28. The Bertz CT molecular complexity index is 59.5. The van der Waals surface area contributed by atoms with E-state index in [0.717, 1.165) is 19.1 Å². The van der Waals surface area contributed by atoms with Crippen LogP contribution in [0.3, 0.4) is 0 Å². The van der Waals surface area contributed by atoms with E-state index >= 15 is 0 Å². The summed E-state index contributed by atoms with van der Waals surface area (Å²) in [5.74, 6) is 0. The Morgan fingerprint density at radius 3 is 2.62 bits per heavy atom. The minimum Gasteiger partial charge on any atom is -0.318 e. The zero-order chi connectivity index (χ0) is 5.82. The number of nitrogens with one attached hydrogen (secondary N) is 2. The average molecular weight is 114 g/mol. The highest BCUT2D eigenvalue weighted by molar-refractivity contribution is 4.80. The number of hydrogen-bond acceptors (Lipinski definition) is 2. The molecule has 0 amide bonds. The highest BCUT2D eigenvalue weighted by Crippen LogP contribution is 2.17. The van der Waals surface area contributed by atoms with Gasteiger partial charge in [0.15, 0.2) is 0 Å². The fourth-order valence-corrected chi connectivity index (χ4v) is 0.689. The topological polar surface area (TPSA) is 24.1 Å². The van der Waals surface area contributed by atoms with Gasteiger partial charge < -0.3 is 10.6 Å². The maximum absolute atomic E-state index is 3.40. The van der Waals surface area contributed by atoms with Crippen LogP contribution in [-0.2, 0) is 0 Å². The molecule has 2 heteroatoms. The van der Waals surface area contributed by atoms with Gasteiger partial charge in [-0.05, 0) is 19.9 Å². The van der Waals surface area contributed by atoms with Gasteiger partial charge in [0.1, 0.15) is 0 Å². The monoisotopic (exact) mass is 114 g/mol. The van der Waals surface area contributed by atoms with Crippen LogP contribution in [0.1, 0.15) is 12.8 Å². The molecule has 0 saturated heterocycles. The zero-order valence-corrected chi connectivity index (χ0v) is 5.41. The second kappa shape index (κ2) is 3.05. The van der Waals surface area contributed by atoms with Gasteiger partial charge >= 0.3 is 0 Å². The Balaban J connectivity index is 1.74. The Kier molecular flexibility index (Phi) is 2.30. The van der Waals surface area contributed by atoms with Crippen molar-refractivity contribution >= 4 is 0 Å².